The Morgan fingerprint density at radius 3 is 2.42 bits per heavy atom. The van der Waals surface area contributed by atoms with E-state index in [1.807, 2.05) is 53.1 Å². The number of nitroso groups, excluding NO2 is 1. The van der Waals surface area contributed by atoms with Crippen molar-refractivity contribution < 1.29 is 0 Å². The van der Waals surface area contributed by atoms with E-state index in [9.17, 15) is 4.91 Å². The van der Waals surface area contributed by atoms with Crippen molar-refractivity contribution in [3.63, 3.8) is 0 Å². The van der Waals surface area contributed by atoms with Gasteiger partial charge in [-0.3, -0.25) is 4.57 Å². The molecule has 0 amide bonds. The largest absolute Gasteiger partial charge is 0.354 e. The molecule has 31 heavy (non-hydrogen) atoms. The van der Waals surface area contributed by atoms with E-state index in [0.717, 1.165) is 17.1 Å². The van der Waals surface area contributed by atoms with E-state index in [2.05, 4.69) is 20.0 Å². The van der Waals surface area contributed by atoms with Crippen LogP contribution in [0, 0.1) is 4.91 Å². The van der Waals surface area contributed by atoms with E-state index in [-0.39, 0.29) is 6.04 Å². The predicted molar refractivity (Wildman–Crippen MR) is 123 cm³/mol. The number of benzene rings is 2. The first-order valence-electron chi connectivity index (χ1n) is 9.97. The number of piperidine rings is 1. The molecule has 1 aliphatic heterocycles. The van der Waals surface area contributed by atoms with Gasteiger partial charge in [0.25, 0.3) is 0 Å². The SMILES string of the molecule is O=NC1CCN(c2ncnc3c2nc(-c2ccccc2Cl)n3-c2ccc(Cl)cc2)CC1. The summed E-state index contributed by atoms with van der Waals surface area (Å²) in [7, 11) is 0. The Bertz CT molecular complexity index is 1250. The molecule has 4 aromatic rings. The fourth-order valence-corrected chi connectivity index (χ4v) is 4.30. The summed E-state index contributed by atoms with van der Waals surface area (Å²) < 4.78 is 1.97. The number of anilines is 1. The summed E-state index contributed by atoms with van der Waals surface area (Å²) in [6, 6.07) is 15.0. The van der Waals surface area contributed by atoms with Gasteiger partial charge in [-0.05, 0) is 49.2 Å². The smallest absolute Gasteiger partial charge is 0.170 e. The maximum absolute atomic E-state index is 10.9. The quantitative estimate of drug-likeness (QED) is 0.380. The van der Waals surface area contributed by atoms with Crippen molar-refractivity contribution >= 4 is 40.2 Å². The molecule has 1 saturated heterocycles. The fourth-order valence-electron chi connectivity index (χ4n) is 3.95. The van der Waals surface area contributed by atoms with E-state index in [1.54, 1.807) is 6.33 Å². The van der Waals surface area contributed by atoms with Crippen molar-refractivity contribution in [1.29, 1.82) is 0 Å². The number of halogens is 2. The highest BCUT2D eigenvalue weighted by molar-refractivity contribution is 6.33. The molecule has 5 rings (SSSR count). The molecule has 0 spiro atoms. The number of fused-ring (bicyclic) bond motifs is 1. The number of hydrogen-bond acceptors (Lipinski definition) is 6. The Morgan fingerprint density at radius 2 is 1.71 bits per heavy atom. The van der Waals surface area contributed by atoms with Gasteiger partial charge in [0.05, 0.1) is 11.1 Å². The monoisotopic (exact) mass is 452 g/mol. The first-order chi connectivity index (χ1) is 15.2. The third-order valence-corrected chi connectivity index (χ3v) is 6.12. The van der Waals surface area contributed by atoms with Crippen molar-refractivity contribution in [2.24, 2.45) is 5.18 Å². The molecule has 0 bridgehead atoms. The second-order valence-electron chi connectivity index (χ2n) is 7.42. The standard InChI is InChI=1S/C22H18Cl2N6O/c23-14-5-7-16(8-6-14)30-20(17-3-1-2-4-18(17)24)27-19-21(25-13-26-22(19)30)29-11-9-15(28-31)10-12-29/h1-8,13,15H,9-12H2. The molecule has 2 aromatic carbocycles. The van der Waals surface area contributed by atoms with Gasteiger partial charge >= 0.3 is 0 Å². The third kappa shape index (κ3) is 3.64. The molecular formula is C22H18Cl2N6O. The molecular weight excluding hydrogens is 435 g/mol. The molecule has 1 aliphatic rings. The minimum atomic E-state index is -0.140. The fraction of sp³-hybridized carbons (Fsp3) is 0.227. The lowest BCUT2D eigenvalue weighted by atomic mass is 10.1. The summed E-state index contributed by atoms with van der Waals surface area (Å²) in [6.45, 7) is 1.38. The van der Waals surface area contributed by atoms with Gasteiger partial charge in [0.1, 0.15) is 12.2 Å². The molecule has 156 valence electrons. The van der Waals surface area contributed by atoms with Crippen molar-refractivity contribution in [3.8, 4) is 17.1 Å². The van der Waals surface area contributed by atoms with Gasteiger partial charge < -0.3 is 4.90 Å². The van der Waals surface area contributed by atoms with Crippen LogP contribution in [0.25, 0.3) is 28.2 Å². The second-order valence-corrected chi connectivity index (χ2v) is 8.26. The number of hydrogen-bond donors (Lipinski definition) is 0. The van der Waals surface area contributed by atoms with Crippen molar-refractivity contribution in [3.05, 3.63) is 69.8 Å². The normalized spacial score (nSPS) is 14.8. The number of nitrogens with zero attached hydrogens (tertiary/aromatic N) is 6. The lowest BCUT2D eigenvalue weighted by Gasteiger charge is -2.29. The highest BCUT2D eigenvalue weighted by atomic mass is 35.5. The molecule has 2 aromatic heterocycles. The summed E-state index contributed by atoms with van der Waals surface area (Å²) in [5.74, 6) is 1.42. The van der Waals surface area contributed by atoms with E-state index >= 15 is 0 Å². The Labute approximate surface area is 188 Å². The zero-order valence-electron chi connectivity index (χ0n) is 16.4. The Kier molecular flexibility index (Phi) is 5.29. The third-order valence-electron chi connectivity index (χ3n) is 5.54. The Balaban J connectivity index is 1.72. The molecule has 0 N–H and O–H groups in total. The van der Waals surface area contributed by atoms with Crippen LogP contribution in [0.4, 0.5) is 5.82 Å². The van der Waals surface area contributed by atoms with Gasteiger partial charge in [0, 0.05) is 29.4 Å². The predicted octanol–water partition coefficient (Wildman–Crippen LogP) is 5.52. The maximum Gasteiger partial charge on any atom is 0.170 e. The van der Waals surface area contributed by atoms with Crippen molar-refractivity contribution in [1.82, 2.24) is 19.5 Å². The lowest BCUT2D eigenvalue weighted by molar-refractivity contribution is 0.498. The van der Waals surface area contributed by atoms with Gasteiger partial charge in [-0.15, -0.1) is 0 Å². The average molecular weight is 453 g/mol. The lowest BCUT2D eigenvalue weighted by Crippen LogP contribution is -2.35. The molecule has 0 atom stereocenters. The molecule has 3 heterocycles. The molecule has 0 saturated carbocycles. The molecule has 1 fully saturated rings. The van der Waals surface area contributed by atoms with Gasteiger partial charge in [0.2, 0.25) is 0 Å². The second kappa shape index (κ2) is 8.24. The molecule has 0 unspecified atom stereocenters. The maximum atomic E-state index is 10.9. The summed E-state index contributed by atoms with van der Waals surface area (Å²) >= 11 is 12.6. The zero-order valence-corrected chi connectivity index (χ0v) is 18.0. The average Bonchev–Trinajstić information content (AvgIpc) is 3.19. The minimum absolute atomic E-state index is 0.140. The molecule has 0 aliphatic carbocycles. The van der Waals surface area contributed by atoms with E-state index in [1.165, 1.54) is 0 Å². The van der Waals surface area contributed by atoms with Crippen LogP contribution in [0.1, 0.15) is 12.8 Å². The van der Waals surface area contributed by atoms with Gasteiger partial charge in [-0.25, -0.2) is 15.0 Å². The topological polar surface area (TPSA) is 76.3 Å². The van der Waals surface area contributed by atoms with Crippen LogP contribution in [0.3, 0.4) is 0 Å². The first kappa shape index (κ1) is 19.9. The van der Waals surface area contributed by atoms with Crippen LogP contribution in [0.2, 0.25) is 10.0 Å². The zero-order chi connectivity index (χ0) is 21.4. The van der Waals surface area contributed by atoms with E-state index in [4.69, 9.17) is 28.2 Å². The van der Waals surface area contributed by atoms with Crippen LogP contribution < -0.4 is 4.90 Å². The number of aromatic nitrogens is 4. The highest BCUT2D eigenvalue weighted by Gasteiger charge is 2.26. The van der Waals surface area contributed by atoms with Crippen LogP contribution in [0.5, 0.6) is 0 Å². The van der Waals surface area contributed by atoms with Crippen molar-refractivity contribution in [2.45, 2.75) is 18.9 Å². The van der Waals surface area contributed by atoms with Crippen LogP contribution in [-0.4, -0.2) is 38.7 Å². The first-order valence-corrected chi connectivity index (χ1v) is 10.7. The van der Waals surface area contributed by atoms with Crippen LogP contribution in [-0.2, 0) is 0 Å². The summed E-state index contributed by atoms with van der Waals surface area (Å²) in [5, 5.41) is 4.44. The molecule has 7 nitrogen and oxygen atoms in total. The van der Waals surface area contributed by atoms with Crippen molar-refractivity contribution in [2.75, 3.05) is 18.0 Å². The number of rotatable bonds is 4. The summed E-state index contributed by atoms with van der Waals surface area (Å²) in [4.78, 5) is 27.1. The van der Waals surface area contributed by atoms with E-state index in [0.29, 0.717) is 53.0 Å². The Hall–Kier alpha value is -3.03. The summed E-state index contributed by atoms with van der Waals surface area (Å²) in [6.07, 6.45) is 2.95. The van der Waals surface area contributed by atoms with Gasteiger partial charge in [-0.1, -0.05) is 40.5 Å². The van der Waals surface area contributed by atoms with Crippen LogP contribution in [0.15, 0.2) is 60.0 Å². The van der Waals surface area contributed by atoms with E-state index < -0.39 is 0 Å². The summed E-state index contributed by atoms with van der Waals surface area (Å²) in [5.41, 5.74) is 3.03. The minimum Gasteiger partial charge on any atom is -0.354 e. The molecule has 9 heteroatoms. The number of imidazole rings is 1. The van der Waals surface area contributed by atoms with Crippen LogP contribution >= 0.6 is 23.2 Å². The Morgan fingerprint density at radius 1 is 0.968 bits per heavy atom. The molecule has 0 radical (unpaired) electrons. The van der Waals surface area contributed by atoms with Gasteiger partial charge in [-0.2, -0.15) is 4.91 Å². The highest BCUT2D eigenvalue weighted by Crippen LogP contribution is 2.35. The van der Waals surface area contributed by atoms with Gasteiger partial charge in [0.15, 0.2) is 17.0 Å².